The number of nitrogens with zero attached hydrogens (tertiary/aromatic N) is 3. The van der Waals surface area contributed by atoms with E-state index in [1.807, 2.05) is 0 Å². The Kier molecular flexibility index (Phi) is 5.54. The Labute approximate surface area is 262 Å². The van der Waals surface area contributed by atoms with Gasteiger partial charge in [-0.3, -0.25) is 4.57 Å². The standard InChI is InChI=1S/C42H31N3/c1-42(2)36-20-9-6-17-32(36)33-24-23-29(25-37(33)42)41-43-38(28-13-4-3-5-14-28)27-44(41)30-15-12-16-31(26-30)45-39-21-10-7-18-34(39)35-19-8-11-22-40(35)45/h3-27H,1-2H3. The molecule has 0 unspecified atom stereocenters. The van der Waals surface area contributed by atoms with Crippen LogP contribution in [0.15, 0.2) is 152 Å². The van der Waals surface area contributed by atoms with Crippen LogP contribution in [0.3, 0.4) is 0 Å². The van der Waals surface area contributed by atoms with Gasteiger partial charge in [0.15, 0.2) is 0 Å². The number of aromatic nitrogens is 3. The molecule has 8 aromatic rings. The van der Waals surface area contributed by atoms with E-state index < -0.39 is 0 Å². The maximum atomic E-state index is 5.30. The van der Waals surface area contributed by atoms with Gasteiger partial charge in [0.1, 0.15) is 5.82 Å². The molecule has 3 heteroatoms. The molecule has 6 aromatic carbocycles. The number of para-hydroxylation sites is 2. The second kappa shape index (κ2) is 9.67. The average Bonchev–Trinajstić information content (AvgIpc) is 3.75. The molecule has 3 nitrogen and oxygen atoms in total. The van der Waals surface area contributed by atoms with Crippen molar-refractivity contribution in [3.05, 3.63) is 163 Å². The van der Waals surface area contributed by atoms with Crippen molar-refractivity contribution >= 4 is 21.8 Å². The van der Waals surface area contributed by atoms with Crippen LogP contribution in [-0.4, -0.2) is 14.1 Å². The Balaban J connectivity index is 1.25. The highest BCUT2D eigenvalue weighted by Gasteiger charge is 2.35. The van der Waals surface area contributed by atoms with E-state index in [0.717, 1.165) is 34.0 Å². The minimum atomic E-state index is -0.0852. The summed E-state index contributed by atoms with van der Waals surface area (Å²) in [5.41, 5.74) is 13.0. The smallest absolute Gasteiger partial charge is 0.145 e. The van der Waals surface area contributed by atoms with Crippen LogP contribution in [-0.2, 0) is 5.41 Å². The molecule has 0 spiro atoms. The molecule has 9 rings (SSSR count). The Morgan fingerprint density at radius 3 is 1.93 bits per heavy atom. The lowest BCUT2D eigenvalue weighted by atomic mass is 9.82. The lowest BCUT2D eigenvalue weighted by molar-refractivity contribution is 0.660. The van der Waals surface area contributed by atoms with E-state index in [-0.39, 0.29) is 5.41 Å². The van der Waals surface area contributed by atoms with Crippen molar-refractivity contribution in [3.8, 4) is 45.1 Å². The predicted octanol–water partition coefficient (Wildman–Crippen LogP) is 10.6. The van der Waals surface area contributed by atoms with E-state index in [1.54, 1.807) is 0 Å². The van der Waals surface area contributed by atoms with Gasteiger partial charge in [-0.15, -0.1) is 0 Å². The summed E-state index contributed by atoms with van der Waals surface area (Å²) < 4.78 is 4.63. The van der Waals surface area contributed by atoms with Crippen LogP contribution in [0.4, 0.5) is 0 Å². The number of hydrogen-bond acceptors (Lipinski definition) is 1. The third-order valence-electron chi connectivity index (χ3n) is 9.56. The summed E-state index contributed by atoms with van der Waals surface area (Å²) in [6, 6.07) is 52.3. The Morgan fingerprint density at radius 1 is 0.511 bits per heavy atom. The molecule has 1 aliphatic rings. The minimum Gasteiger partial charge on any atom is -0.309 e. The first-order valence-electron chi connectivity index (χ1n) is 15.6. The van der Waals surface area contributed by atoms with Crippen LogP contribution in [0.25, 0.3) is 67.0 Å². The van der Waals surface area contributed by atoms with Gasteiger partial charge < -0.3 is 4.57 Å². The molecule has 45 heavy (non-hydrogen) atoms. The van der Waals surface area contributed by atoms with Crippen LogP contribution >= 0.6 is 0 Å². The van der Waals surface area contributed by atoms with Gasteiger partial charge in [-0.1, -0.05) is 123 Å². The molecule has 0 radical (unpaired) electrons. The van der Waals surface area contributed by atoms with Crippen molar-refractivity contribution in [2.24, 2.45) is 0 Å². The van der Waals surface area contributed by atoms with Crippen LogP contribution in [0.5, 0.6) is 0 Å². The Bertz CT molecular complexity index is 2350. The maximum Gasteiger partial charge on any atom is 0.145 e. The highest BCUT2D eigenvalue weighted by atomic mass is 15.1. The zero-order valence-corrected chi connectivity index (χ0v) is 25.3. The number of imidazole rings is 1. The van der Waals surface area contributed by atoms with Crippen LogP contribution in [0.2, 0.25) is 0 Å². The zero-order chi connectivity index (χ0) is 30.1. The maximum absolute atomic E-state index is 5.30. The first-order valence-corrected chi connectivity index (χ1v) is 15.6. The van der Waals surface area contributed by atoms with Gasteiger partial charge >= 0.3 is 0 Å². The summed E-state index contributed by atoms with van der Waals surface area (Å²) in [6.07, 6.45) is 2.18. The summed E-state index contributed by atoms with van der Waals surface area (Å²) in [6.45, 7) is 4.66. The van der Waals surface area contributed by atoms with Crippen LogP contribution < -0.4 is 0 Å². The second-order valence-electron chi connectivity index (χ2n) is 12.5. The number of rotatable bonds is 4. The molecule has 1 aliphatic carbocycles. The zero-order valence-electron chi connectivity index (χ0n) is 25.3. The highest BCUT2D eigenvalue weighted by Crippen LogP contribution is 2.49. The largest absolute Gasteiger partial charge is 0.309 e. The van der Waals surface area contributed by atoms with Crippen molar-refractivity contribution in [3.63, 3.8) is 0 Å². The van der Waals surface area contributed by atoms with Crippen molar-refractivity contribution in [1.29, 1.82) is 0 Å². The fraction of sp³-hybridized carbons (Fsp3) is 0.0714. The summed E-state index contributed by atoms with van der Waals surface area (Å²) in [4.78, 5) is 5.30. The van der Waals surface area contributed by atoms with E-state index in [1.165, 1.54) is 44.1 Å². The molecule has 214 valence electrons. The number of fused-ring (bicyclic) bond motifs is 6. The molecule has 2 aromatic heterocycles. The fourth-order valence-electron chi connectivity index (χ4n) is 7.35. The quantitative estimate of drug-likeness (QED) is 0.204. The SMILES string of the molecule is CC1(C)c2ccccc2-c2ccc(-c3nc(-c4ccccc4)cn3-c3cccc(-n4c5ccccc5c5ccccc54)c3)cc21. The molecule has 2 heterocycles. The van der Waals surface area contributed by atoms with Crippen molar-refractivity contribution in [2.75, 3.05) is 0 Å². The minimum absolute atomic E-state index is 0.0852. The predicted molar refractivity (Wildman–Crippen MR) is 186 cm³/mol. The highest BCUT2D eigenvalue weighted by molar-refractivity contribution is 6.09. The molecular formula is C42H31N3. The third-order valence-corrected chi connectivity index (χ3v) is 9.56. The lowest BCUT2D eigenvalue weighted by Gasteiger charge is -2.22. The van der Waals surface area contributed by atoms with Gasteiger partial charge in [-0.05, 0) is 58.7 Å². The average molecular weight is 578 g/mol. The molecule has 0 atom stereocenters. The van der Waals surface area contributed by atoms with Crippen LogP contribution in [0.1, 0.15) is 25.0 Å². The van der Waals surface area contributed by atoms with Crippen molar-refractivity contribution < 1.29 is 0 Å². The van der Waals surface area contributed by atoms with Gasteiger partial charge in [0.05, 0.1) is 16.7 Å². The lowest BCUT2D eigenvalue weighted by Crippen LogP contribution is -2.15. The summed E-state index contributed by atoms with van der Waals surface area (Å²) in [5, 5.41) is 2.52. The summed E-state index contributed by atoms with van der Waals surface area (Å²) in [7, 11) is 0. The first kappa shape index (κ1) is 25.8. The van der Waals surface area contributed by atoms with E-state index in [4.69, 9.17) is 4.98 Å². The topological polar surface area (TPSA) is 22.8 Å². The van der Waals surface area contributed by atoms with Crippen molar-refractivity contribution in [1.82, 2.24) is 14.1 Å². The molecule has 0 saturated carbocycles. The van der Waals surface area contributed by atoms with E-state index in [0.29, 0.717) is 0 Å². The monoisotopic (exact) mass is 577 g/mol. The number of hydrogen-bond donors (Lipinski definition) is 0. The fourth-order valence-corrected chi connectivity index (χ4v) is 7.35. The molecular weight excluding hydrogens is 546 g/mol. The molecule has 0 amide bonds. The summed E-state index contributed by atoms with van der Waals surface area (Å²) >= 11 is 0. The molecule has 0 saturated heterocycles. The van der Waals surface area contributed by atoms with E-state index in [9.17, 15) is 0 Å². The normalized spacial score (nSPS) is 13.3. The number of benzene rings is 6. The Hall–Kier alpha value is -5.67. The first-order chi connectivity index (χ1) is 22.1. The van der Waals surface area contributed by atoms with Crippen molar-refractivity contribution in [2.45, 2.75) is 19.3 Å². The van der Waals surface area contributed by atoms with Gasteiger partial charge in [0.25, 0.3) is 0 Å². The van der Waals surface area contributed by atoms with E-state index in [2.05, 4.69) is 175 Å². The van der Waals surface area contributed by atoms with Gasteiger partial charge in [-0.2, -0.15) is 0 Å². The van der Waals surface area contributed by atoms with E-state index >= 15 is 0 Å². The molecule has 0 fully saturated rings. The Morgan fingerprint density at radius 2 is 1.16 bits per heavy atom. The third kappa shape index (κ3) is 3.87. The molecule has 0 N–H and O–H groups in total. The van der Waals surface area contributed by atoms with Crippen LogP contribution in [0, 0.1) is 0 Å². The second-order valence-corrected chi connectivity index (χ2v) is 12.5. The van der Waals surface area contributed by atoms with Gasteiger partial charge in [0, 0.05) is 44.9 Å². The summed E-state index contributed by atoms with van der Waals surface area (Å²) in [5.74, 6) is 0.933. The van der Waals surface area contributed by atoms with Gasteiger partial charge in [0.2, 0.25) is 0 Å². The molecule has 0 bridgehead atoms. The van der Waals surface area contributed by atoms with Gasteiger partial charge in [-0.25, -0.2) is 4.98 Å². The molecule has 0 aliphatic heterocycles.